The monoisotopic (exact) mass is 434 g/mol. The molecular weight excluding hydrogens is 400 g/mol. The zero-order valence-corrected chi connectivity index (χ0v) is 19.5. The molecule has 170 valence electrons. The van der Waals surface area contributed by atoms with E-state index >= 15 is 0 Å². The first-order valence-electron chi connectivity index (χ1n) is 12.2. The molecule has 1 N–H and O–H groups in total. The Hall–Kier alpha value is -2.63. The number of aryl methyl sites for hydroxylation is 1. The summed E-state index contributed by atoms with van der Waals surface area (Å²) in [6.45, 7) is 6.35. The summed E-state index contributed by atoms with van der Waals surface area (Å²) < 4.78 is 1.78. The molecule has 0 radical (unpaired) electrons. The van der Waals surface area contributed by atoms with Crippen LogP contribution in [0.25, 0.3) is 0 Å². The standard InChI is InChI=1S/C26H34N4O2/c1-17-9-8-12-22(18(17)2)30-24(31)23-15-21(19-13-14-19)28-29(23)16-26(30,3)25(32)27-20-10-6-4-5-7-11-20/h8-9,12,15,19-20H,4-7,10-11,13-14,16H2,1-3H3,(H,27,32)/t26-/m0/s1. The highest BCUT2D eigenvalue weighted by Gasteiger charge is 2.50. The molecule has 0 spiro atoms. The lowest BCUT2D eigenvalue weighted by molar-refractivity contribution is -0.127. The number of anilines is 1. The van der Waals surface area contributed by atoms with E-state index in [0.29, 0.717) is 18.2 Å². The van der Waals surface area contributed by atoms with Gasteiger partial charge in [0.1, 0.15) is 11.2 Å². The summed E-state index contributed by atoms with van der Waals surface area (Å²) in [6.07, 6.45) is 9.05. The minimum Gasteiger partial charge on any atom is -0.351 e. The van der Waals surface area contributed by atoms with Gasteiger partial charge in [-0.1, -0.05) is 37.8 Å². The van der Waals surface area contributed by atoms with E-state index in [1.165, 1.54) is 12.8 Å². The molecule has 1 atom stereocenters. The molecule has 1 aromatic carbocycles. The first-order valence-corrected chi connectivity index (χ1v) is 12.2. The largest absolute Gasteiger partial charge is 0.351 e. The molecule has 2 fully saturated rings. The fourth-order valence-electron chi connectivity index (χ4n) is 5.30. The zero-order chi connectivity index (χ0) is 22.5. The van der Waals surface area contributed by atoms with Crippen molar-refractivity contribution in [1.82, 2.24) is 15.1 Å². The second kappa shape index (κ2) is 8.05. The van der Waals surface area contributed by atoms with Gasteiger partial charge in [-0.2, -0.15) is 5.10 Å². The van der Waals surface area contributed by atoms with Gasteiger partial charge in [0, 0.05) is 17.6 Å². The molecule has 1 aromatic heterocycles. The highest BCUT2D eigenvalue weighted by Crippen LogP contribution is 2.41. The summed E-state index contributed by atoms with van der Waals surface area (Å²) in [5.74, 6) is 0.247. The van der Waals surface area contributed by atoms with E-state index in [0.717, 1.165) is 61.0 Å². The molecule has 32 heavy (non-hydrogen) atoms. The summed E-state index contributed by atoms with van der Waals surface area (Å²) in [5.41, 5.74) is 3.50. The number of fused-ring (bicyclic) bond motifs is 1. The molecule has 2 saturated carbocycles. The van der Waals surface area contributed by atoms with Crippen molar-refractivity contribution in [3.63, 3.8) is 0 Å². The van der Waals surface area contributed by atoms with Crippen molar-refractivity contribution in [3.8, 4) is 0 Å². The lowest BCUT2D eigenvalue weighted by Crippen LogP contribution is -2.65. The van der Waals surface area contributed by atoms with Gasteiger partial charge in [0.15, 0.2) is 0 Å². The van der Waals surface area contributed by atoms with Gasteiger partial charge in [-0.25, -0.2) is 0 Å². The van der Waals surface area contributed by atoms with Gasteiger partial charge in [-0.3, -0.25) is 19.2 Å². The number of carbonyl (C=O) groups is 2. The second-order valence-electron chi connectivity index (χ2n) is 10.2. The Labute approximate surface area is 190 Å². The lowest BCUT2D eigenvalue weighted by Gasteiger charge is -2.44. The van der Waals surface area contributed by atoms with E-state index in [1.54, 1.807) is 9.58 Å². The molecule has 0 bridgehead atoms. The van der Waals surface area contributed by atoms with Crippen molar-refractivity contribution < 1.29 is 9.59 Å². The highest BCUT2D eigenvalue weighted by molar-refractivity contribution is 6.12. The van der Waals surface area contributed by atoms with Crippen molar-refractivity contribution in [2.24, 2.45) is 0 Å². The third kappa shape index (κ3) is 3.63. The van der Waals surface area contributed by atoms with E-state index in [1.807, 2.05) is 45.0 Å². The van der Waals surface area contributed by atoms with Gasteiger partial charge in [-0.05, 0) is 69.7 Å². The number of benzene rings is 1. The number of nitrogens with zero attached hydrogens (tertiary/aromatic N) is 3. The van der Waals surface area contributed by atoms with Crippen LogP contribution < -0.4 is 10.2 Å². The summed E-state index contributed by atoms with van der Waals surface area (Å²) in [5, 5.41) is 8.08. The summed E-state index contributed by atoms with van der Waals surface area (Å²) in [6, 6.07) is 8.10. The fourth-order valence-corrected chi connectivity index (χ4v) is 5.30. The quantitative estimate of drug-likeness (QED) is 0.713. The average molecular weight is 435 g/mol. The van der Waals surface area contributed by atoms with E-state index in [-0.39, 0.29) is 17.9 Å². The molecule has 1 aliphatic heterocycles. The van der Waals surface area contributed by atoms with Crippen LogP contribution in [-0.4, -0.2) is 33.2 Å². The number of nitrogens with one attached hydrogen (secondary N) is 1. The van der Waals surface area contributed by atoms with Gasteiger partial charge < -0.3 is 5.32 Å². The van der Waals surface area contributed by atoms with Crippen molar-refractivity contribution in [2.45, 2.75) is 96.2 Å². The van der Waals surface area contributed by atoms with Gasteiger partial charge in [0.05, 0.1) is 12.2 Å². The van der Waals surface area contributed by atoms with Crippen molar-refractivity contribution in [3.05, 3.63) is 46.8 Å². The van der Waals surface area contributed by atoms with Crippen LogP contribution in [0, 0.1) is 13.8 Å². The van der Waals surface area contributed by atoms with Gasteiger partial charge in [-0.15, -0.1) is 0 Å². The van der Waals surface area contributed by atoms with Crippen LogP contribution in [0.2, 0.25) is 0 Å². The van der Waals surface area contributed by atoms with Crippen LogP contribution in [0.4, 0.5) is 5.69 Å². The number of amides is 2. The molecule has 0 unspecified atom stereocenters. The van der Waals surface area contributed by atoms with Crippen molar-refractivity contribution in [2.75, 3.05) is 4.90 Å². The zero-order valence-electron chi connectivity index (χ0n) is 19.5. The molecular formula is C26H34N4O2. The second-order valence-corrected chi connectivity index (χ2v) is 10.2. The Kier molecular flexibility index (Phi) is 5.34. The predicted octanol–water partition coefficient (Wildman–Crippen LogP) is 4.64. The molecule has 2 aromatic rings. The third-order valence-electron chi connectivity index (χ3n) is 7.66. The Morgan fingerprint density at radius 3 is 2.50 bits per heavy atom. The highest BCUT2D eigenvalue weighted by atomic mass is 16.2. The van der Waals surface area contributed by atoms with Crippen molar-refractivity contribution >= 4 is 17.5 Å². The summed E-state index contributed by atoms with van der Waals surface area (Å²) >= 11 is 0. The van der Waals surface area contributed by atoms with Crippen LogP contribution in [0.15, 0.2) is 24.3 Å². The Bertz CT molecular complexity index is 1050. The number of aromatic nitrogens is 2. The SMILES string of the molecule is Cc1cccc(N2C(=O)c3cc(C4CC4)nn3C[C@@]2(C)C(=O)NC2CCCCCC2)c1C. The van der Waals surface area contributed by atoms with Crippen LogP contribution in [0.3, 0.4) is 0 Å². The predicted molar refractivity (Wildman–Crippen MR) is 125 cm³/mol. The molecule has 6 nitrogen and oxygen atoms in total. The first-order chi connectivity index (χ1) is 15.4. The Morgan fingerprint density at radius 2 is 1.81 bits per heavy atom. The smallest absolute Gasteiger partial charge is 0.277 e. The van der Waals surface area contributed by atoms with E-state index < -0.39 is 5.54 Å². The van der Waals surface area contributed by atoms with Gasteiger partial charge >= 0.3 is 0 Å². The average Bonchev–Trinajstić information content (AvgIpc) is 3.56. The summed E-state index contributed by atoms with van der Waals surface area (Å²) in [4.78, 5) is 29.5. The minimum absolute atomic E-state index is 0.0761. The molecule has 2 aliphatic carbocycles. The minimum atomic E-state index is -1.04. The maximum Gasteiger partial charge on any atom is 0.277 e. The van der Waals surface area contributed by atoms with Crippen LogP contribution in [-0.2, 0) is 11.3 Å². The first kappa shape index (κ1) is 21.2. The maximum atomic E-state index is 13.9. The molecule has 6 heteroatoms. The number of hydrogen-bond acceptors (Lipinski definition) is 3. The van der Waals surface area contributed by atoms with Crippen LogP contribution in [0.1, 0.15) is 91.5 Å². The van der Waals surface area contributed by atoms with Gasteiger partial charge in [0.25, 0.3) is 5.91 Å². The molecule has 0 saturated heterocycles. The fraction of sp³-hybridized carbons (Fsp3) is 0.577. The Morgan fingerprint density at radius 1 is 1.09 bits per heavy atom. The number of rotatable bonds is 4. The van der Waals surface area contributed by atoms with Crippen LogP contribution in [0.5, 0.6) is 0 Å². The summed E-state index contributed by atoms with van der Waals surface area (Å²) in [7, 11) is 0. The van der Waals surface area contributed by atoms with E-state index in [9.17, 15) is 9.59 Å². The maximum absolute atomic E-state index is 13.9. The molecule has 5 rings (SSSR count). The topological polar surface area (TPSA) is 67.2 Å². The lowest BCUT2D eigenvalue weighted by atomic mass is 9.91. The van der Waals surface area contributed by atoms with Crippen LogP contribution >= 0.6 is 0 Å². The van der Waals surface area contributed by atoms with Gasteiger partial charge in [0.2, 0.25) is 5.91 Å². The molecule has 2 heterocycles. The third-order valence-corrected chi connectivity index (χ3v) is 7.66. The molecule has 2 amide bonds. The Balaban J connectivity index is 1.55. The number of carbonyl (C=O) groups excluding carboxylic acids is 2. The number of hydrogen-bond donors (Lipinski definition) is 1. The normalized spacial score (nSPS) is 24.2. The molecule has 3 aliphatic rings. The van der Waals surface area contributed by atoms with Crippen molar-refractivity contribution in [1.29, 1.82) is 0 Å². The van der Waals surface area contributed by atoms with E-state index in [2.05, 4.69) is 5.32 Å². The van der Waals surface area contributed by atoms with E-state index in [4.69, 9.17) is 5.10 Å².